The molecule has 4 nitrogen and oxygen atoms in total. The van der Waals surface area contributed by atoms with Crippen molar-refractivity contribution >= 4 is 21.7 Å². The van der Waals surface area contributed by atoms with Crippen LogP contribution in [0.15, 0.2) is 29.2 Å². The van der Waals surface area contributed by atoms with E-state index in [1.54, 1.807) is 12.1 Å². The standard InChI is InChI=1S/C26H55ClN.C7H8O3S/c1-4-6-8-10-12-14-16-18-20-22-24-28(3,26-27)25-23-21-19-17-15-13-11-9-7-5-2;1-6-2-4-7(5-3-6)11(8,9)10/h4-26H2,1-3H3;2-5H,1H3,(H,8,9,10)/q+1;/p-1. The van der Waals surface area contributed by atoms with Crippen molar-refractivity contribution in [3.63, 3.8) is 0 Å². The van der Waals surface area contributed by atoms with E-state index >= 15 is 0 Å². The van der Waals surface area contributed by atoms with Crippen LogP contribution in [0.5, 0.6) is 0 Å². The van der Waals surface area contributed by atoms with E-state index in [4.69, 9.17) is 11.6 Å². The quantitative estimate of drug-likeness (QED) is 0.0397. The number of unbranched alkanes of at least 4 members (excludes halogenated alkanes) is 18. The van der Waals surface area contributed by atoms with E-state index in [-0.39, 0.29) is 4.90 Å². The zero-order chi connectivity index (χ0) is 29.2. The molecule has 0 saturated heterocycles. The van der Waals surface area contributed by atoms with Gasteiger partial charge in [0, 0.05) is 0 Å². The Morgan fingerprint density at radius 1 is 0.615 bits per heavy atom. The van der Waals surface area contributed by atoms with Gasteiger partial charge in [-0.25, -0.2) is 8.42 Å². The average Bonchev–Trinajstić information content (AvgIpc) is 2.91. The van der Waals surface area contributed by atoms with Crippen molar-refractivity contribution in [2.75, 3.05) is 26.1 Å². The Kier molecular flexibility index (Phi) is 24.7. The van der Waals surface area contributed by atoms with E-state index in [2.05, 4.69) is 20.9 Å². The van der Waals surface area contributed by atoms with Gasteiger partial charge in [-0.2, -0.15) is 0 Å². The second-order valence-electron chi connectivity index (χ2n) is 11.8. The summed E-state index contributed by atoms with van der Waals surface area (Å²) in [6, 6.07) is 6.57. The molecule has 6 heteroatoms. The molecule has 0 N–H and O–H groups in total. The number of rotatable bonds is 24. The first-order valence-corrected chi connectivity index (χ1v) is 18.0. The summed E-state index contributed by atoms with van der Waals surface area (Å²) >= 11 is 6.33. The lowest BCUT2D eigenvalue weighted by Gasteiger charge is -2.32. The van der Waals surface area contributed by atoms with Crippen molar-refractivity contribution < 1.29 is 17.5 Å². The molecular weight excluding hydrogens is 526 g/mol. The van der Waals surface area contributed by atoms with E-state index < -0.39 is 10.1 Å². The summed E-state index contributed by atoms with van der Waals surface area (Å²) in [5, 5.41) is 0. The highest BCUT2D eigenvalue weighted by Gasteiger charge is 2.18. The minimum atomic E-state index is -4.27. The van der Waals surface area contributed by atoms with Crippen LogP contribution >= 0.6 is 11.6 Å². The molecule has 1 rings (SSSR count). The number of halogens is 1. The molecule has 0 radical (unpaired) electrons. The molecule has 0 aliphatic rings. The van der Waals surface area contributed by atoms with E-state index in [0.29, 0.717) is 0 Å². The van der Waals surface area contributed by atoms with Gasteiger partial charge >= 0.3 is 0 Å². The zero-order valence-electron chi connectivity index (χ0n) is 26.0. The number of alkyl halides is 1. The molecule has 0 fully saturated rings. The van der Waals surface area contributed by atoms with Gasteiger partial charge in [-0.1, -0.05) is 146 Å². The van der Waals surface area contributed by atoms with Crippen LogP contribution in [0.4, 0.5) is 0 Å². The van der Waals surface area contributed by atoms with Gasteiger partial charge in [0.2, 0.25) is 0 Å². The maximum Gasteiger partial charge on any atom is 0.154 e. The number of benzene rings is 1. The lowest BCUT2D eigenvalue weighted by Crippen LogP contribution is -2.44. The van der Waals surface area contributed by atoms with Crippen molar-refractivity contribution in [2.24, 2.45) is 0 Å². The summed E-state index contributed by atoms with van der Waals surface area (Å²) < 4.78 is 32.2. The number of hydrogen-bond donors (Lipinski definition) is 0. The average molecular weight is 588 g/mol. The third-order valence-electron chi connectivity index (χ3n) is 7.70. The Labute approximate surface area is 248 Å². The van der Waals surface area contributed by atoms with E-state index in [1.165, 1.54) is 154 Å². The summed E-state index contributed by atoms with van der Waals surface area (Å²) in [7, 11) is -1.90. The Morgan fingerprint density at radius 3 is 1.21 bits per heavy atom. The van der Waals surface area contributed by atoms with Gasteiger partial charge in [0.05, 0.1) is 25.0 Å². The van der Waals surface area contributed by atoms with E-state index in [9.17, 15) is 13.0 Å². The molecule has 1 aromatic carbocycles. The van der Waals surface area contributed by atoms with Crippen LogP contribution in [0.3, 0.4) is 0 Å². The third-order valence-corrected chi connectivity index (χ3v) is 9.13. The SMILES string of the molecule is CCCCCCCCCCCC[N+](C)(CCl)CCCCCCCCCCCC.Cc1ccc(S(=O)(=O)[O-])cc1. The fraction of sp³-hybridized carbons (Fsp3) is 0.818. The Balaban J connectivity index is 0.00000108. The highest BCUT2D eigenvalue weighted by molar-refractivity contribution is 7.85. The predicted octanol–water partition coefficient (Wildman–Crippen LogP) is 10.4. The van der Waals surface area contributed by atoms with Crippen LogP contribution in [0.25, 0.3) is 0 Å². The van der Waals surface area contributed by atoms with Crippen LogP contribution in [0, 0.1) is 6.92 Å². The first-order chi connectivity index (χ1) is 18.7. The summed E-state index contributed by atoms with van der Waals surface area (Å²) in [6.07, 6.45) is 28.4. The van der Waals surface area contributed by atoms with Gasteiger partial charge < -0.3 is 9.04 Å². The molecule has 0 bridgehead atoms. The highest BCUT2D eigenvalue weighted by Crippen LogP contribution is 2.16. The van der Waals surface area contributed by atoms with Crippen molar-refractivity contribution in [2.45, 2.75) is 154 Å². The molecule has 0 heterocycles. The second kappa shape index (κ2) is 25.1. The number of aryl methyl sites for hydroxylation is 1. The van der Waals surface area contributed by atoms with E-state index in [0.717, 1.165) is 16.1 Å². The lowest BCUT2D eigenvalue weighted by molar-refractivity contribution is -0.899. The molecule has 0 saturated carbocycles. The fourth-order valence-corrected chi connectivity index (χ4v) is 5.61. The van der Waals surface area contributed by atoms with Gasteiger partial charge in [-0.15, -0.1) is 0 Å². The molecule has 0 aliphatic carbocycles. The van der Waals surface area contributed by atoms with Gasteiger partial charge in [-0.05, 0) is 44.7 Å². The molecule has 0 atom stereocenters. The maximum absolute atomic E-state index is 10.4. The second-order valence-corrected chi connectivity index (χ2v) is 13.4. The molecule has 39 heavy (non-hydrogen) atoms. The minimum absolute atomic E-state index is 0.178. The largest absolute Gasteiger partial charge is 0.744 e. The fourth-order valence-electron chi connectivity index (χ4n) is 4.90. The van der Waals surface area contributed by atoms with Crippen LogP contribution in [-0.4, -0.2) is 43.6 Å². The Bertz CT molecular complexity index is 744. The summed E-state index contributed by atoms with van der Waals surface area (Å²) in [4.78, 5) is -0.178. The summed E-state index contributed by atoms with van der Waals surface area (Å²) in [5.74, 6) is 0. The Morgan fingerprint density at radius 2 is 0.923 bits per heavy atom. The lowest BCUT2D eigenvalue weighted by atomic mass is 10.1. The van der Waals surface area contributed by atoms with Crippen LogP contribution in [-0.2, 0) is 10.1 Å². The monoisotopic (exact) mass is 587 g/mol. The number of quaternary nitrogens is 1. The van der Waals surface area contributed by atoms with Gasteiger partial charge in [-0.3, -0.25) is 0 Å². The molecule has 0 spiro atoms. The van der Waals surface area contributed by atoms with Crippen LogP contribution < -0.4 is 0 Å². The summed E-state index contributed by atoms with van der Waals surface area (Å²) in [5.41, 5.74) is 0.928. The molecule has 0 unspecified atom stereocenters. The molecular formula is C33H62ClNO3S. The molecule has 0 amide bonds. The van der Waals surface area contributed by atoms with Crippen molar-refractivity contribution in [3.8, 4) is 0 Å². The molecule has 0 aliphatic heterocycles. The van der Waals surface area contributed by atoms with E-state index in [1.807, 2.05) is 6.92 Å². The van der Waals surface area contributed by atoms with Gasteiger partial charge in [0.15, 0.2) is 6.00 Å². The van der Waals surface area contributed by atoms with Crippen molar-refractivity contribution in [1.82, 2.24) is 0 Å². The minimum Gasteiger partial charge on any atom is -0.744 e. The summed E-state index contributed by atoms with van der Waals surface area (Å²) in [6.45, 7) is 8.96. The highest BCUT2D eigenvalue weighted by atomic mass is 35.5. The molecule has 230 valence electrons. The zero-order valence-corrected chi connectivity index (χ0v) is 27.6. The van der Waals surface area contributed by atoms with Crippen LogP contribution in [0.1, 0.15) is 148 Å². The van der Waals surface area contributed by atoms with Gasteiger partial charge in [0.25, 0.3) is 0 Å². The molecule has 1 aromatic rings. The Hall–Kier alpha value is -0.620. The first kappa shape index (κ1) is 38.4. The predicted molar refractivity (Wildman–Crippen MR) is 169 cm³/mol. The number of nitrogens with zero attached hydrogens (tertiary/aromatic N) is 1. The number of hydrogen-bond acceptors (Lipinski definition) is 3. The maximum atomic E-state index is 10.4. The van der Waals surface area contributed by atoms with Crippen molar-refractivity contribution in [1.29, 1.82) is 0 Å². The smallest absolute Gasteiger partial charge is 0.154 e. The normalized spacial score (nSPS) is 11.8. The topological polar surface area (TPSA) is 57.2 Å². The van der Waals surface area contributed by atoms with Crippen molar-refractivity contribution in [3.05, 3.63) is 29.8 Å². The molecule has 0 aromatic heterocycles. The van der Waals surface area contributed by atoms with Gasteiger partial charge in [0.1, 0.15) is 10.1 Å². The third kappa shape index (κ3) is 23.8. The first-order valence-electron chi connectivity index (χ1n) is 16.1. The van der Waals surface area contributed by atoms with Crippen LogP contribution in [0.2, 0.25) is 0 Å².